The standard InChI is InChI=1S/C12H16N2O2/c1-2-10-9-13-6-5-11(10)16-12(15)14-7-3-4-8-14/h5-6,9H,2-4,7-8H2,1H3. The van der Waals surface area contributed by atoms with Gasteiger partial charge in [0.2, 0.25) is 0 Å². The minimum absolute atomic E-state index is 0.238. The Kier molecular flexibility index (Phi) is 3.39. The Morgan fingerprint density at radius 1 is 1.50 bits per heavy atom. The van der Waals surface area contributed by atoms with Gasteiger partial charge in [-0.15, -0.1) is 0 Å². The Morgan fingerprint density at radius 3 is 2.94 bits per heavy atom. The van der Waals surface area contributed by atoms with Crippen LogP contribution < -0.4 is 4.74 Å². The highest BCUT2D eigenvalue weighted by Gasteiger charge is 2.20. The molecule has 1 fully saturated rings. The van der Waals surface area contributed by atoms with Crippen molar-refractivity contribution in [3.05, 3.63) is 24.0 Å². The number of carbonyl (C=O) groups is 1. The molecule has 0 aromatic carbocycles. The average Bonchev–Trinajstić information content (AvgIpc) is 2.83. The Morgan fingerprint density at radius 2 is 2.25 bits per heavy atom. The molecule has 16 heavy (non-hydrogen) atoms. The molecule has 0 bridgehead atoms. The summed E-state index contributed by atoms with van der Waals surface area (Å²) in [7, 11) is 0. The van der Waals surface area contributed by atoms with Crippen molar-refractivity contribution in [1.82, 2.24) is 9.88 Å². The predicted octanol–water partition coefficient (Wildman–Crippen LogP) is 2.24. The van der Waals surface area contributed by atoms with Gasteiger partial charge in [-0.1, -0.05) is 6.92 Å². The van der Waals surface area contributed by atoms with Crippen LogP contribution in [0.1, 0.15) is 25.3 Å². The van der Waals surface area contributed by atoms with Crippen LogP contribution in [0.25, 0.3) is 0 Å². The number of likely N-dealkylation sites (tertiary alicyclic amines) is 1. The van der Waals surface area contributed by atoms with Crippen molar-refractivity contribution in [2.24, 2.45) is 0 Å². The monoisotopic (exact) mass is 220 g/mol. The molecule has 1 aromatic rings. The topological polar surface area (TPSA) is 42.4 Å². The minimum Gasteiger partial charge on any atom is -0.410 e. The molecule has 4 nitrogen and oxygen atoms in total. The molecule has 2 heterocycles. The fourth-order valence-corrected chi connectivity index (χ4v) is 1.84. The first-order valence-corrected chi connectivity index (χ1v) is 5.71. The predicted molar refractivity (Wildman–Crippen MR) is 60.4 cm³/mol. The lowest BCUT2D eigenvalue weighted by atomic mass is 10.2. The molecule has 1 aromatic heterocycles. The summed E-state index contributed by atoms with van der Waals surface area (Å²) >= 11 is 0. The van der Waals surface area contributed by atoms with Crippen LogP contribution in [0.4, 0.5) is 4.79 Å². The van der Waals surface area contributed by atoms with E-state index in [4.69, 9.17) is 4.74 Å². The number of hydrogen-bond donors (Lipinski definition) is 0. The molecule has 1 aliphatic rings. The van der Waals surface area contributed by atoms with Gasteiger partial charge in [-0.05, 0) is 25.3 Å². The first-order valence-electron chi connectivity index (χ1n) is 5.71. The van der Waals surface area contributed by atoms with Crippen molar-refractivity contribution < 1.29 is 9.53 Å². The number of carbonyl (C=O) groups excluding carboxylic acids is 1. The third kappa shape index (κ3) is 2.32. The average molecular weight is 220 g/mol. The molecule has 1 saturated heterocycles. The van der Waals surface area contributed by atoms with E-state index < -0.39 is 0 Å². The van der Waals surface area contributed by atoms with E-state index in [1.54, 1.807) is 23.4 Å². The molecular weight excluding hydrogens is 204 g/mol. The van der Waals surface area contributed by atoms with Crippen molar-refractivity contribution in [2.45, 2.75) is 26.2 Å². The number of rotatable bonds is 2. The molecule has 0 saturated carbocycles. The lowest BCUT2D eigenvalue weighted by molar-refractivity contribution is 0.162. The van der Waals surface area contributed by atoms with Gasteiger partial charge in [0.05, 0.1) is 0 Å². The number of pyridine rings is 1. The van der Waals surface area contributed by atoms with Crippen LogP contribution in [0.2, 0.25) is 0 Å². The van der Waals surface area contributed by atoms with Crippen molar-refractivity contribution in [2.75, 3.05) is 13.1 Å². The van der Waals surface area contributed by atoms with Crippen molar-refractivity contribution >= 4 is 6.09 Å². The van der Waals surface area contributed by atoms with E-state index in [0.29, 0.717) is 5.75 Å². The van der Waals surface area contributed by atoms with Crippen LogP contribution in [0.5, 0.6) is 5.75 Å². The number of aryl methyl sites for hydroxylation is 1. The summed E-state index contributed by atoms with van der Waals surface area (Å²) in [6.07, 6.45) is 6.12. The van der Waals surface area contributed by atoms with E-state index in [-0.39, 0.29) is 6.09 Å². The van der Waals surface area contributed by atoms with Crippen molar-refractivity contribution in [1.29, 1.82) is 0 Å². The summed E-state index contributed by atoms with van der Waals surface area (Å²) in [5.74, 6) is 0.634. The van der Waals surface area contributed by atoms with Crippen LogP contribution >= 0.6 is 0 Å². The van der Waals surface area contributed by atoms with Gasteiger partial charge in [-0.3, -0.25) is 4.98 Å². The van der Waals surface area contributed by atoms with E-state index in [9.17, 15) is 4.79 Å². The van der Waals surface area contributed by atoms with E-state index in [1.807, 2.05) is 6.92 Å². The zero-order valence-electron chi connectivity index (χ0n) is 9.48. The quantitative estimate of drug-likeness (QED) is 0.767. The fraction of sp³-hybridized carbons (Fsp3) is 0.500. The molecule has 4 heteroatoms. The highest BCUT2D eigenvalue weighted by molar-refractivity contribution is 5.71. The Labute approximate surface area is 95.2 Å². The number of amides is 1. The molecule has 0 radical (unpaired) electrons. The Balaban J connectivity index is 2.05. The highest BCUT2D eigenvalue weighted by atomic mass is 16.6. The largest absolute Gasteiger partial charge is 0.415 e. The molecular formula is C12H16N2O2. The van der Waals surface area contributed by atoms with Crippen molar-refractivity contribution in [3.8, 4) is 5.75 Å². The van der Waals surface area contributed by atoms with Gasteiger partial charge in [-0.25, -0.2) is 4.79 Å². The van der Waals surface area contributed by atoms with E-state index in [0.717, 1.165) is 37.9 Å². The van der Waals surface area contributed by atoms with E-state index >= 15 is 0 Å². The van der Waals surface area contributed by atoms with Gasteiger partial charge in [0, 0.05) is 31.0 Å². The zero-order valence-corrected chi connectivity index (χ0v) is 9.48. The SMILES string of the molecule is CCc1cnccc1OC(=O)N1CCCC1. The molecule has 0 unspecified atom stereocenters. The maximum absolute atomic E-state index is 11.8. The summed E-state index contributed by atoms with van der Waals surface area (Å²) in [5.41, 5.74) is 0.968. The first-order chi connectivity index (χ1) is 7.81. The normalized spacial score (nSPS) is 15.2. The molecule has 2 rings (SSSR count). The van der Waals surface area contributed by atoms with Gasteiger partial charge >= 0.3 is 6.09 Å². The Bertz CT molecular complexity index is 373. The Hall–Kier alpha value is -1.58. The van der Waals surface area contributed by atoms with Crippen LogP contribution in [0, 0.1) is 0 Å². The maximum atomic E-state index is 11.8. The summed E-state index contributed by atoms with van der Waals surface area (Å²) < 4.78 is 5.37. The lowest BCUT2D eigenvalue weighted by Gasteiger charge is -2.15. The summed E-state index contributed by atoms with van der Waals surface area (Å²) in [5, 5.41) is 0. The number of aromatic nitrogens is 1. The summed E-state index contributed by atoms with van der Waals surface area (Å²) in [4.78, 5) is 17.5. The molecule has 0 atom stereocenters. The third-order valence-corrected chi connectivity index (χ3v) is 2.80. The molecule has 0 spiro atoms. The molecule has 1 amide bonds. The molecule has 86 valence electrons. The maximum Gasteiger partial charge on any atom is 0.415 e. The smallest absolute Gasteiger partial charge is 0.410 e. The van der Waals surface area contributed by atoms with Crippen LogP contribution in [-0.4, -0.2) is 29.1 Å². The molecule has 0 aliphatic carbocycles. The second-order valence-corrected chi connectivity index (χ2v) is 3.90. The number of nitrogens with zero attached hydrogens (tertiary/aromatic N) is 2. The summed E-state index contributed by atoms with van der Waals surface area (Å²) in [6.45, 7) is 3.64. The third-order valence-electron chi connectivity index (χ3n) is 2.80. The second-order valence-electron chi connectivity index (χ2n) is 3.90. The first kappa shape index (κ1) is 10.9. The number of ether oxygens (including phenoxy) is 1. The van der Waals surface area contributed by atoms with E-state index in [2.05, 4.69) is 4.98 Å². The van der Waals surface area contributed by atoms with E-state index in [1.165, 1.54) is 0 Å². The van der Waals surface area contributed by atoms with Gasteiger partial charge < -0.3 is 9.64 Å². The zero-order chi connectivity index (χ0) is 11.4. The fourth-order valence-electron chi connectivity index (χ4n) is 1.84. The van der Waals surface area contributed by atoms with Gasteiger partial charge in [0.25, 0.3) is 0 Å². The van der Waals surface area contributed by atoms with Crippen LogP contribution in [-0.2, 0) is 6.42 Å². The minimum atomic E-state index is -0.238. The highest BCUT2D eigenvalue weighted by Crippen LogP contribution is 2.19. The lowest BCUT2D eigenvalue weighted by Crippen LogP contribution is -2.30. The summed E-state index contributed by atoms with van der Waals surface area (Å²) in [6, 6.07) is 1.74. The second kappa shape index (κ2) is 4.96. The number of hydrogen-bond acceptors (Lipinski definition) is 3. The van der Waals surface area contributed by atoms with Gasteiger partial charge in [-0.2, -0.15) is 0 Å². The van der Waals surface area contributed by atoms with Crippen molar-refractivity contribution in [3.63, 3.8) is 0 Å². The molecule has 1 aliphatic heterocycles. The van der Waals surface area contributed by atoms with Gasteiger partial charge in [0.1, 0.15) is 5.75 Å². The van der Waals surface area contributed by atoms with Gasteiger partial charge in [0.15, 0.2) is 0 Å². The molecule has 0 N–H and O–H groups in total. The van der Waals surface area contributed by atoms with Crippen LogP contribution in [0.3, 0.4) is 0 Å². The van der Waals surface area contributed by atoms with Crippen LogP contribution in [0.15, 0.2) is 18.5 Å².